The summed E-state index contributed by atoms with van der Waals surface area (Å²) in [7, 11) is 0. The van der Waals surface area contributed by atoms with Crippen LogP contribution in [0.3, 0.4) is 0 Å². The van der Waals surface area contributed by atoms with Crippen molar-refractivity contribution in [3.8, 4) is 0 Å². The Morgan fingerprint density at radius 1 is 1.13 bits per heavy atom. The van der Waals surface area contributed by atoms with Crippen molar-refractivity contribution in [2.45, 2.75) is 19.8 Å². The molecule has 1 saturated heterocycles. The number of nitrogens with one attached hydrogen (secondary N) is 1. The van der Waals surface area contributed by atoms with Gasteiger partial charge in [-0.3, -0.25) is 4.79 Å². The van der Waals surface area contributed by atoms with E-state index in [2.05, 4.69) is 39.1 Å². The molecule has 0 aromatic heterocycles. The van der Waals surface area contributed by atoms with E-state index in [0.29, 0.717) is 5.56 Å². The van der Waals surface area contributed by atoms with Crippen molar-refractivity contribution >= 4 is 33.2 Å². The molecule has 3 rings (SSSR count). The van der Waals surface area contributed by atoms with E-state index < -0.39 is 0 Å². The van der Waals surface area contributed by atoms with Gasteiger partial charge in [0.25, 0.3) is 5.91 Å². The van der Waals surface area contributed by atoms with Crippen LogP contribution < -0.4 is 10.2 Å². The van der Waals surface area contributed by atoms with Crippen molar-refractivity contribution in [3.63, 3.8) is 0 Å². The fourth-order valence-corrected chi connectivity index (χ4v) is 3.33. The highest BCUT2D eigenvalue weighted by Crippen LogP contribution is 2.30. The van der Waals surface area contributed by atoms with Gasteiger partial charge in [0.05, 0.1) is 11.4 Å². The number of piperidine rings is 1. The molecule has 1 N–H and O–H groups in total. The first kappa shape index (κ1) is 16.1. The molecule has 120 valence electrons. The van der Waals surface area contributed by atoms with Gasteiger partial charge in [0.2, 0.25) is 0 Å². The number of para-hydroxylation sites is 2. The van der Waals surface area contributed by atoms with Gasteiger partial charge >= 0.3 is 0 Å². The smallest absolute Gasteiger partial charge is 0.255 e. The summed E-state index contributed by atoms with van der Waals surface area (Å²) in [5.74, 6) is 0.707. The second kappa shape index (κ2) is 7.18. The molecule has 2 aromatic carbocycles. The standard InChI is InChI=1S/C19H21BrN2O/c1-14-9-11-22(12-10-14)18-8-3-2-7-17(18)21-19(23)15-5-4-6-16(20)13-15/h2-8,13-14H,9-12H2,1H3,(H,21,23). The largest absolute Gasteiger partial charge is 0.370 e. The maximum absolute atomic E-state index is 12.5. The Kier molecular flexibility index (Phi) is 5.01. The molecule has 1 aliphatic rings. The molecular weight excluding hydrogens is 352 g/mol. The highest BCUT2D eigenvalue weighted by molar-refractivity contribution is 9.10. The summed E-state index contributed by atoms with van der Waals surface area (Å²) >= 11 is 3.41. The molecule has 1 fully saturated rings. The zero-order chi connectivity index (χ0) is 16.2. The molecule has 0 saturated carbocycles. The maximum atomic E-state index is 12.5. The minimum absolute atomic E-state index is 0.0795. The third-order valence-corrected chi connectivity index (χ3v) is 4.86. The molecule has 0 atom stereocenters. The van der Waals surface area contributed by atoms with E-state index in [1.165, 1.54) is 12.8 Å². The highest BCUT2D eigenvalue weighted by Gasteiger charge is 2.19. The second-order valence-electron chi connectivity index (χ2n) is 6.15. The number of hydrogen-bond acceptors (Lipinski definition) is 2. The number of nitrogens with zero attached hydrogens (tertiary/aromatic N) is 1. The SMILES string of the molecule is CC1CCN(c2ccccc2NC(=O)c2cccc(Br)c2)CC1. The van der Waals surface area contributed by atoms with Gasteiger partial charge in [-0.1, -0.05) is 41.1 Å². The van der Waals surface area contributed by atoms with E-state index in [9.17, 15) is 4.79 Å². The minimum Gasteiger partial charge on any atom is -0.370 e. The minimum atomic E-state index is -0.0795. The molecule has 0 spiro atoms. The van der Waals surface area contributed by atoms with Crippen LogP contribution in [0.25, 0.3) is 0 Å². The van der Waals surface area contributed by atoms with Crippen LogP contribution in [-0.4, -0.2) is 19.0 Å². The van der Waals surface area contributed by atoms with E-state index in [0.717, 1.165) is 34.9 Å². The first-order chi connectivity index (χ1) is 11.1. The number of halogens is 1. The lowest BCUT2D eigenvalue weighted by atomic mass is 9.98. The van der Waals surface area contributed by atoms with Gasteiger partial charge in [-0.25, -0.2) is 0 Å². The van der Waals surface area contributed by atoms with E-state index in [1.54, 1.807) is 0 Å². The fourth-order valence-electron chi connectivity index (χ4n) is 2.93. The zero-order valence-electron chi connectivity index (χ0n) is 13.3. The molecule has 0 aliphatic carbocycles. The fraction of sp³-hybridized carbons (Fsp3) is 0.316. The number of amides is 1. The van der Waals surface area contributed by atoms with Crippen LogP contribution in [0, 0.1) is 5.92 Å². The molecule has 1 amide bonds. The molecule has 1 heterocycles. The Morgan fingerprint density at radius 3 is 2.61 bits per heavy atom. The summed E-state index contributed by atoms with van der Waals surface area (Å²) in [5.41, 5.74) is 2.65. The molecule has 2 aromatic rings. The zero-order valence-corrected chi connectivity index (χ0v) is 14.8. The molecule has 0 radical (unpaired) electrons. The topological polar surface area (TPSA) is 32.3 Å². The Hall–Kier alpha value is -1.81. The lowest BCUT2D eigenvalue weighted by Crippen LogP contribution is -2.33. The normalized spacial score (nSPS) is 15.5. The van der Waals surface area contributed by atoms with Crippen LogP contribution in [0.4, 0.5) is 11.4 Å². The molecule has 23 heavy (non-hydrogen) atoms. The van der Waals surface area contributed by atoms with Crippen molar-refractivity contribution in [1.82, 2.24) is 0 Å². The van der Waals surface area contributed by atoms with Crippen LogP contribution in [-0.2, 0) is 0 Å². The third kappa shape index (κ3) is 3.94. The van der Waals surface area contributed by atoms with E-state index >= 15 is 0 Å². The van der Waals surface area contributed by atoms with Gasteiger partial charge in [-0.05, 0) is 49.1 Å². The van der Waals surface area contributed by atoms with E-state index in [1.807, 2.05) is 42.5 Å². The number of carbonyl (C=O) groups is 1. The summed E-state index contributed by atoms with van der Waals surface area (Å²) in [6.45, 7) is 4.40. The Balaban J connectivity index is 1.79. The van der Waals surface area contributed by atoms with Crippen LogP contribution in [0.1, 0.15) is 30.1 Å². The van der Waals surface area contributed by atoms with Crippen LogP contribution in [0.15, 0.2) is 53.0 Å². The van der Waals surface area contributed by atoms with Crippen LogP contribution >= 0.6 is 15.9 Å². The quantitative estimate of drug-likeness (QED) is 0.827. The molecule has 0 unspecified atom stereocenters. The van der Waals surface area contributed by atoms with Crippen molar-refractivity contribution < 1.29 is 4.79 Å². The molecule has 4 heteroatoms. The second-order valence-corrected chi connectivity index (χ2v) is 7.07. The number of benzene rings is 2. The van der Waals surface area contributed by atoms with E-state index in [4.69, 9.17) is 0 Å². The third-order valence-electron chi connectivity index (χ3n) is 4.36. The Labute approximate surface area is 145 Å². The maximum Gasteiger partial charge on any atom is 0.255 e. The van der Waals surface area contributed by atoms with Crippen molar-refractivity contribution in [1.29, 1.82) is 0 Å². The summed E-state index contributed by atoms with van der Waals surface area (Å²) < 4.78 is 0.906. The van der Waals surface area contributed by atoms with E-state index in [-0.39, 0.29) is 5.91 Å². The molecule has 3 nitrogen and oxygen atoms in total. The van der Waals surface area contributed by atoms with Crippen LogP contribution in [0.5, 0.6) is 0 Å². The Bertz CT molecular complexity index is 693. The average Bonchev–Trinajstić information content (AvgIpc) is 2.56. The van der Waals surface area contributed by atoms with Gasteiger partial charge in [0.15, 0.2) is 0 Å². The summed E-state index contributed by atoms with van der Waals surface area (Å²) in [5, 5.41) is 3.06. The van der Waals surface area contributed by atoms with Crippen LogP contribution in [0.2, 0.25) is 0 Å². The number of hydrogen-bond donors (Lipinski definition) is 1. The van der Waals surface area contributed by atoms with Gasteiger partial charge in [0, 0.05) is 23.1 Å². The van der Waals surface area contributed by atoms with Crippen molar-refractivity contribution in [2.75, 3.05) is 23.3 Å². The summed E-state index contributed by atoms with van der Waals surface area (Å²) in [4.78, 5) is 14.9. The highest BCUT2D eigenvalue weighted by atomic mass is 79.9. The lowest BCUT2D eigenvalue weighted by molar-refractivity contribution is 0.102. The predicted molar refractivity (Wildman–Crippen MR) is 99.1 cm³/mol. The first-order valence-corrected chi connectivity index (χ1v) is 8.83. The molecule has 0 bridgehead atoms. The van der Waals surface area contributed by atoms with Gasteiger partial charge in [-0.15, -0.1) is 0 Å². The lowest BCUT2D eigenvalue weighted by Gasteiger charge is -2.33. The number of rotatable bonds is 3. The van der Waals surface area contributed by atoms with Crippen molar-refractivity contribution in [2.24, 2.45) is 5.92 Å². The number of carbonyl (C=O) groups excluding carboxylic acids is 1. The summed E-state index contributed by atoms with van der Waals surface area (Å²) in [6.07, 6.45) is 2.40. The first-order valence-electron chi connectivity index (χ1n) is 8.04. The molecule has 1 aliphatic heterocycles. The van der Waals surface area contributed by atoms with Gasteiger partial charge in [-0.2, -0.15) is 0 Å². The monoisotopic (exact) mass is 372 g/mol. The summed E-state index contributed by atoms with van der Waals surface area (Å²) in [6, 6.07) is 15.5. The molecular formula is C19H21BrN2O. The van der Waals surface area contributed by atoms with Gasteiger partial charge in [0.1, 0.15) is 0 Å². The predicted octanol–water partition coefficient (Wildman–Crippen LogP) is 4.94. The Morgan fingerprint density at radius 2 is 1.87 bits per heavy atom. The van der Waals surface area contributed by atoms with Gasteiger partial charge < -0.3 is 10.2 Å². The number of anilines is 2. The average molecular weight is 373 g/mol. The van der Waals surface area contributed by atoms with Crippen molar-refractivity contribution in [3.05, 3.63) is 58.6 Å².